The molecule has 0 aromatic heterocycles. The molecular weight excluding hydrogens is 236 g/mol. The van der Waals surface area contributed by atoms with Crippen LogP contribution in [0.1, 0.15) is 26.2 Å². The number of hydrogen-bond acceptors (Lipinski definition) is 3. The summed E-state index contributed by atoms with van der Waals surface area (Å²) in [7, 11) is 1.67. The molecule has 1 unspecified atom stereocenters. The Morgan fingerprint density at radius 3 is 2.82 bits per heavy atom. The molecule has 0 aromatic carbocycles. The van der Waals surface area contributed by atoms with Gasteiger partial charge in [-0.05, 0) is 6.42 Å². The Morgan fingerprint density at radius 1 is 1.53 bits per heavy atom. The van der Waals surface area contributed by atoms with Crippen LogP contribution in [0.4, 0.5) is 0 Å². The van der Waals surface area contributed by atoms with Crippen molar-refractivity contribution < 1.29 is 9.59 Å². The Kier molecular flexibility index (Phi) is 5.41. The first kappa shape index (κ1) is 14.0. The normalized spacial score (nSPS) is 20.5. The van der Waals surface area contributed by atoms with E-state index in [0.29, 0.717) is 17.3 Å². The van der Waals surface area contributed by atoms with Crippen molar-refractivity contribution in [2.45, 2.75) is 26.2 Å². The highest BCUT2D eigenvalue weighted by atomic mass is 32.2. The maximum Gasteiger partial charge on any atom is 0.260 e. The highest BCUT2D eigenvalue weighted by Gasteiger charge is 2.35. The first-order valence-corrected chi connectivity index (χ1v) is 6.74. The number of amides is 2. The van der Waals surface area contributed by atoms with Crippen molar-refractivity contribution in [1.82, 2.24) is 4.90 Å². The number of hydrogen-bond donors (Lipinski definition) is 0. The molecule has 0 fully saturated rings. The molecule has 94 valence electrons. The summed E-state index contributed by atoms with van der Waals surface area (Å²) >= 11 is 1.36. The molecule has 0 saturated heterocycles. The van der Waals surface area contributed by atoms with E-state index in [2.05, 4.69) is 11.6 Å². The van der Waals surface area contributed by atoms with Crippen LogP contribution in [0.15, 0.2) is 17.6 Å². The third kappa shape index (κ3) is 3.43. The second-order valence-corrected chi connectivity index (χ2v) is 4.91. The van der Waals surface area contributed by atoms with E-state index in [0.717, 1.165) is 12.8 Å². The summed E-state index contributed by atoms with van der Waals surface area (Å²) in [5.41, 5.74) is 0. The monoisotopic (exact) mass is 254 g/mol. The lowest BCUT2D eigenvalue weighted by Gasteiger charge is -2.26. The summed E-state index contributed by atoms with van der Waals surface area (Å²) in [4.78, 5) is 29.2. The molecule has 4 nitrogen and oxygen atoms in total. The zero-order chi connectivity index (χ0) is 12.8. The molecule has 0 bridgehead atoms. The summed E-state index contributed by atoms with van der Waals surface area (Å²) in [6.07, 6.45) is 4.17. The van der Waals surface area contributed by atoms with Gasteiger partial charge < -0.3 is 0 Å². The molecule has 0 N–H and O–H groups in total. The van der Waals surface area contributed by atoms with E-state index in [4.69, 9.17) is 0 Å². The van der Waals surface area contributed by atoms with Gasteiger partial charge in [0, 0.05) is 12.8 Å². The number of rotatable bonds is 5. The largest absolute Gasteiger partial charge is 0.294 e. The van der Waals surface area contributed by atoms with Crippen molar-refractivity contribution >= 4 is 28.7 Å². The third-order valence-electron chi connectivity index (χ3n) is 2.60. The zero-order valence-electron chi connectivity index (χ0n) is 10.3. The van der Waals surface area contributed by atoms with E-state index in [1.807, 2.05) is 6.92 Å². The van der Waals surface area contributed by atoms with Gasteiger partial charge >= 0.3 is 0 Å². The van der Waals surface area contributed by atoms with E-state index in [1.165, 1.54) is 16.7 Å². The summed E-state index contributed by atoms with van der Waals surface area (Å²) in [6, 6.07) is 0. The number of carbonyl (C=O) groups excluding carboxylic acids is 2. The first-order valence-electron chi connectivity index (χ1n) is 5.75. The van der Waals surface area contributed by atoms with Gasteiger partial charge in [0.2, 0.25) is 5.91 Å². The van der Waals surface area contributed by atoms with Gasteiger partial charge in [-0.15, -0.1) is 6.58 Å². The van der Waals surface area contributed by atoms with E-state index < -0.39 is 5.92 Å². The van der Waals surface area contributed by atoms with Crippen LogP contribution in [0, 0.1) is 5.92 Å². The highest BCUT2D eigenvalue weighted by Crippen LogP contribution is 2.22. The van der Waals surface area contributed by atoms with Gasteiger partial charge in [0.25, 0.3) is 5.91 Å². The average Bonchev–Trinajstić information content (AvgIpc) is 2.32. The summed E-state index contributed by atoms with van der Waals surface area (Å²) in [5.74, 6) is -0.366. The smallest absolute Gasteiger partial charge is 0.260 e. The fourth-order valence-electron chi connectivity index (χ4n) is 1.60. The number of carbonyl (C=O) groups is 2. The standard InChI is InChI=1S/C12H18N2O2S/c1-4-6-7-9-10(15)13-12(17-8-5-2)14(3)11(9)16/h5,9H,2,4,6-8H2,1,3H3. The minimum Gasteiger partial charge on any atom is -0.294 e. The Morgan fingerprint density at radius 2 is 2.24 bits per heavy atom. The average molecular weight is 254 g/mol. The molecular formula is C12H18N2O2S. The molecule has 2 amide bonds. The summed E-state index contributed by atoms with van der Waals surface area (Å²) in [5, 5.41) is 0.479. The van der Waals surface area contributed by atoms with E-state index in [1.54, 1.807) is 13.1 Å². The van der Waals surface area contributed by atoms with Crippen molar-refractivity contribution in [3.05, 3.63) is 12.7 Å². The van der Waals surface area contributed by atoms with E-state index in [9.17, 15) is 9.59 Å². The second-order valence-electron chi connectivity index (χ2n) is 3.92. The molecule has 17 heavy (non-hydrogen) atoms. The van der Waals surface area contributed by atoms with Crippen molar-refractivity contribution in [3.8, 4) is 0 Å². The fourth-order valence-corrected chi connectivity index (χ4v) is 2.30. The number of nitrogens with zero attached hydrogens (tertiary/aromatic N) is 2. The number of thioether (sulfide) groups is 1. The number of unbranched alkanes of at least 4 members (excludes halogenated alkanes) is 1. The third-order valence-corrected chi connectivity index (χ3v) is 3.62. The maximum absolute atomic E-state index is 12.0. The molecule has 0 aliphatic carbocycles. The van der Waals surface area contributed by atoms with Gasteiger partial charge in [-0.25, -0.2) is 0 Å². The number of aliphatic imine (C=N–C) groups is 1. The molecule has 0 radical (unpaired) electrons. The summed E-state index contributed by atoms with van der Waals surface area (Å²) < 4.78 is 0. The molecule has 0 spiro atoms. The number of amidine groups is 1. The molecule has 5 heteroatoms. The van der Waals surface area contributed by atoms with Gasteiger partial charge in [0.15, 0.2) is 5.17 Å². The van der Waals surface area contributed by atoms with Crippen LogP contribution < -0.4 is 0 Å². The van der Waals surface area contributed by atoms with E-state index >= 15 is 0 Å². The Hall–Kier alpha value is -1.10. The minimum absolute atomic E-state index is 0.134. The maximum atomic E-state index is 12.0. The van der Waals surface area contributed by atoms with Crippen LogP contribution in [0.5, 0.6) is 0 Å². The Bertz CT molecular complexity index is 352. The van der Waals surface area contributed by atoms with Crippen LogP contribution in [0.3, 0.4) is 0 Å². The van der Waals surface area contributed by atoms with Crippen molar-refractivity contribution in [1.29, 1.82) is 0 Å². The SMILES string of the molecule is C=CCSC1=NC(=O)C(CCCC)C(=O)N1C. The van der Waals surface area contributed by atoms with Gasteiger partial charge in [0.1, 0.15) is 5.92 Å². The van der Waals surface area contributed by atoms with Gasteiger partial charge in [-0.3, -0.25) is 14.5 Å². The van der Waals surface area contributed by atoms with Crippen LogP contribution in [0.25, 0.3) is 0 Å². The fraction of sp³-hybridized carbons (Fsp3) is 0.583. The van der Waals surface area contributed by atoms with Crippen molar-refractivity contribution in [3.63, 3.8) is 0 Å². The second kappa shape index (κ2) is 6.59. The van der Waals surface area contributed by atoms with Crippen LogP contribution in [-0.2, 0) is 9.59 Å². The van der Waals surface area contributed by atoms with Gasteiger partial charge in [0.05, 0.1) is 0 Å². The molecule has 1 aliphatic rings. The molecule has 0 aromatic rings. The van der Waals surface area contributed by atoms with Crippen LogP contribution in [0.2, 0.25) is 0 Å². The minimum atomic E-state index is -0.576. The lowest BCUT2D eigenvalue weighted by Crippen LogP contribution is -2.44. The lowest BCUT2D eigenvalue weighted by atomic mass is 9.99. The van der Waals surface area contributed by atoms with Crippen molar-refractivity contribution in [2.24, 2.45) is 10.9 Å². The van der Waals surface area contributed by atoms with Gasteiger partial charge in [-0.2, -0.15) is 4.99 Å². The molecule has 1 atom stereocenters. The lowest BCUT2D eigenvalue weighted by molar-refractivity contribution is -0.138. The Balaban J connectivity index is 2.77. The summed E-state index contributed by atoms with van der Waals surface area (Å²) in [6.45, 7) is 5.64. The molecule has 1 heterocycles. The highest BCUT2D eigenvalue weighted by molar-refractivity contribution is 8.14. The Labute approximate surface area is 106 Å². The quantitative estimate of drug-likeness (QED) is 0.557. The molecule has 0 saturated carbocycles. The van der Waals surface area contributed by atoms with E-state index in [-0.39, 0.29) is 11.8 Å². The van der Waals surface area contributed by atoms with Crippen LogP contribution in [-0.4, -0.2) is 34.7 Å². The first-order chi connectivity index (χ1) is 8.11. The zero-order valence-corrected chi connectivity index (χ0v) is 11.1. The molecule has 1 rings (SSSR count). The topological polar surface area (TPSA) is 49.7 Å². The molecule has 1 aliphatic heterocycles. The predicted octanol–water partition coefficient (Wildman–Crippen LogP) is 2.07. The van der Waals surface area contributed by atoms with Gasteiger partial charge in [-0.1, -0.05) is 37.6 Å². The van der Waals surface area contributed by atoms with Crippen LogP contribution >= 0.6 is 11.8 Å². The predicted molar refractivity (Wildman–Crippen MR) is 70.9 cm³/mol. The van der Waals surface area contributed by atoms with Crippen molar-refractivity contribution in [2.75, 3.05) is 12.8 Å².